The summed E-state index contributed by atoms with van der Waals surface area (Å²) < 4.78 is 4.46. The number of aliphatic hydroxyl groups excluding tert-OH is 3. The zero-order valence-electron chi connectivity index (χ0n) is 9.76. The summed E-state index contributed by atoms with van der Waals surface area (Å²) in [6.07, 6.45) is 1.36. The Kier molecular flexibility index (Phi) is 9.18. The van der Waals surface area contributed by atoms with E-state index in [0.717, 1.165) is 0 Å². The molecule has 16 heavy (non-hydrogen) atoms. The molecule has 0 aromatic rings. The second-order valence-corrected chi connectivity index (χ2v) is 3.82. The van der Waals surface area contributed by atoms with Crippen LogP contribution in [0.3, 0.4) is 0 Å². The molecule has 5 nitrogen and oxygen atoms in total. The average molecular weight is 234 g/mol. The second-order valence-electron chi connectivity index (χ2n) is 3.82. The van der Waals surface area contributed by atoms with Crippen molar-refractivity contribution < 1.29 is 24.9 Å². The molecule has 0 aliphatic rings. The molecule has 0 heterocycles. The van der Waals surface area contributed by atoms with E-state index >= 15 is 0 Å². The summed E-state index contributed by atoms with van der Waals surface area (Å²) in [5.74, 6) is -0.304. The molecule has 2 atom stereocenters. The topological polar surface area (TPSA) is 87.0 Å². The summed E-state index contributed by atoms with van der Waals surface area (Å²) in [4.78, 5) is 10.8. The van der Waals surface area contributed by atoms with Gasteiger partial charge in [-0.25, -0.2) is 0 Å². The predicted octanol–water partition coefficient (Wildman–Crippen LogP) is 0.214. The fourth-order valence-electron chi connectivity index (χ4n) is 1.41. The molecule has 0 aliphatic carbocycles. The maximum absolute atomic E-state index is 10.8. The van der Waals surface area contributed by atoms with Gasteiger partial charge in [-0.15, -0.1) is 0 Å². The number of esters is 1. The Hall–Kier alpha value is -0.650. The molecule has 0 bridgehead atoms. The smallest absolute Gasteiger partial charge is 0.305 e. The van der Waals surface area contributed by atoms with E-state index in [-0.39, 0.29) is 19.0 Å². The van der Waals surface area contributed by atoms with Crippen LogP contribution in [0.2, 0.25) is 0 Å². The van der Waals surface area contributed by atoms with Crippen molar-refractivity contribution in [2.75, 3.05) is 13.7 Å². The minimum absolute atomic E-state index is 0.102. The van der Waals surface area contributed by atoms with Crippen molar-refractivity contribution in [1.29, 1.82) is 0 Å². The van der Waals surface area contributed by atoms with Gasteiger partial charge in [0.2, 0.25) is 0 Å². The van der Waals surface area contributed by atoms with Crippen LogP contribution < -0.4 is 0 Å². The monoisotopic (exact) mass is 234 g/mol. The largest absolute Gasteiger partial charge is 0.469 e. The van der Waals surface area contributed by atoms with Crippen molar-refractivity contribution in [3.63, 3.8) is 0 Å². The van der Waals surface area contributed by atoms with Crippen LogP contribution >= 0.6 is 0 Å². The Bertz CT molecular complexity index is 183. The van der Waals surface area contributed by atoms with E-state index in [4.69, 9.17) is 5.11 Å². The number of rotatable bonds is 9. The van der Waals surface area contributed by atoms with E-state index in [2.05, 4.69) is 4.74 Å². The molecule has 0 aliphatic heterocycles. The highest BCUT2D eigenvalue weighted by Crippen LogP contribution is 2.11. The number of carbonyl (C=O) groups is 1. The van der Waals surface area contributed by atoms with Crippen LogP contribution in [0.1, 0.15) is 38.5 Å². The van der Waals surface area contributed by atoms with Crippen LogP contribution in [0.15, 0.2) is 0 Å². The minimum atomic E-state index is -0.802. The van der Waals surface area contributed by atoms with Gasteiger partial charge in [0.25, 0.3) is 0 Å². The molecular formula is C11H22O5. The molecule has 0 saturated carbocycles. The van der Waals surface area contributed by atoms with Gasteiger partial charge >= 0.3 is 5.97 Å². The first-order chi connectivity index (χ1) is 7.61. The first kappa shape index (κ1) is 15.3. The minimum Gasteiger partial charge on any atom is -0.469 e. The molecule has 0 saturated heterocycles. The maximum Gasteiger partial charge on any atom is 0.305 e. The van der Waals surface area contributed by atoms with Crippen LogP contribution in [-0.2, 0) is 9.53 Å². The summed E-state index contributed by atoms with van der Waals surface area (Å²) in [5.41, 5.74) is 0. The summed E-state index contributed by atoms with van der Waals surface area (Å²) >= 11 is 0. The van der Waals surface area contributed by atoms with Gasteiger partial charge in [-0.1, -0.05) is 0 Å². The lowest BCUT2D eigenvalue weighted by Crippen LogP contribution is -2.26. The molecule has 0 spiro atoms. The number of hydrogen-bond acceptors (Lipinski definition) is 5. The summed E-state index contributed by atoms with van der Waals surface area (Å²) in [5, 5.41) is 27.6. The van der Waals surface area contributed by atoms with Crippen LogP contribution in [-0.4, -0.2) is 47.2 Å². The van der Waals surface area contributed by atoms with Gasteiger partial charge < -0.3 is 20.1 Å². The molecule has 0 radical (unpaired) electrons. The number of methoxy groups -OCH3 is 1. The number of ether oxygens (including phenoxy) is 1. The third-order valence-corrected chi connectivity index (χ3v) is 2.46. The van der Waals surface area contributed by atoms with Crippen molar-refractivity contribution in [1.82, 2.24) is 0 Å². The molecule has 3 N–H and O–H groups in total. The van der Waals surface area contributed by atoms with Crippen molar-refractivity contribution in [3.8, 4) is 0 Å². The third-order valence-electron chi connectivity index (χ3n) is 2.46. The quantitative estimate of drug-likeness (QED) is 0.392. The molecule has 0 aromatic carbocycles. The highest BCUT2D eigenvalue weighted by atomic mass is 16.5. The summed E-state index contributed by atoms with van der Waals surface area (Å²) in [6.45, 7) is 0.102. The lowest BCUT2D eigenvalue weighted by Gasteiger charge is -2.17. The molecule has 0 fully saturated rings. The molecular weight excluding hydrogens is 212 g/mol. The first-order valence-electron chi connectivity index (χ1n) is 5.65. The van der Waals surface area contributed by atoms with E-state index in [9.17, 15) is 15.0 Å². The van der Waals surface area contributed by atoms with Gasteiger partial charge in [0.05, 0.1) is 19.3 Å². The zero-order chi connectivity index (χ0) is 12.4. The number of hydrogen-bond donors (Lipinski definition) is 3. The van der Waals surface area contributed by atoms with Gasteiger partial charge in [-0.3, -0.25) is 4.79 Å². The van der Waals surface area contributed by atoms with Crippen LogP contribution in [0.5, 0.6) is 0 Å². The van der Waals surface area contributed by atoms with E-state index in [1.54, 1.807) is 0 Å². The molecule has 96 valence electrons. The van der Waals surface area contributed by atoms with Crippen molar-refractivity contribution in [2.24, 2.45) is 0 Å². The van der Waals surface area contributed by atoms with Crippen LogP contribution in [0, 0.1) is 0 Å². The number of unbranched alkanes of at least 4 members (excludes halogenated alkanes) is 1. The molecule has 5 heteroatoms. The number of carbonyl (C=O) groups excluding carboxylic acids is 1. The van der Waals surface area contributed by atoms with Crippen molar-refractivity contribution in [3.05, 3.63) is 0 Å². The van der Waals surface area contributed by atoms with Gasteiger partial charge in [-0.2, -0.15) is 0 Å². The first-order valence-corrected chi connectivity index (χ1v) is 5.65. The highest BCUT2D eigenvalue weighted by Gasteiger charge is 2.15. The van der Waals surface area contributed by atoms with Crippen LogP contribution in [0.4, 0.5) is 0 Å². The summed E-state index contributed by atoms with van der Waals surface area (Å²) in [7, 11) is 1.32. The Morgan fingerprint density at radius 3 is 2.19 bits per heavy atom. The third kappa shape index (κ3) is 7.62. The van der Waals surface area contributed by atoms with Gasteiger partial charge in [0.15, 0.2) is 0 Å². The van der Waals surface area contributed by atoms with E-state index in [1.165, 1.54) is 7.11 Å². The van der Waals surface area contributed by atoms with Gasteiger partial charge in [-0.05, 0) is 32.1 Å². The fourth-order valence-corrected chi connectivity index (χ4v) is 1.41. The van der Waals surface area contributed by atoms with E-state index in [1.807, 2.05) is 0 Å². The van der Waals surface area contributed by atoms with Crippen LogP contribution in [0.25, 0.3) is 0 Å². The zero-order valence-corrected chi connectivity index (χ0v) is 9.76. The Morgan fingerprint density at radius 2 is 1.69 bits per heavy atom. The Morgan fingerprint density at radius 1 is 1.12 bits per heavy atom. The lowest BCUT2D eigenvalue weighted by atomic mass is 10.0. The molecule has 0 unspecified atom stereocenters. The molecule has 0 aromatic heterocycles. The van der Waals surface area contributed by atoms with Crippen molar-refractivity contribution in [2.45, 2.75) is 50.7 Å². The fraction of sp³-hybridized carbons (Fsp3) is 0.909. The SMILES string of the molecule is COC(=O)CCC[C@H](O)[C@@H](O)CCCCO. The average Bonchev–Trinajstić information content (AvgIpc) is 2.28. The lowest BCUT2D eigenvalue weighted by molar-refractivity contribution is -0.140. The highest BCUT2D eigenvalue weighted by molar-refractivity contribution is 5.68. The van der Waals surface area contributed by atoms with E-state index in [0.29, 0.717) is 32.1 Å². The molecule has 0 rings (SSSR count). The second kappa shape index (κ2) is 9.57. The van der Waals surface area contributed by atoms with Gasteiger partial charge in [0.1, 0.15) is 0 Å². The predicted molar refractivity (Wildman–Crippen MR) is 58.8 cm³/mol. The van der Waals surface area contributed by atoms with Gasteiger partial charge in [0, 0.05) is 13.0 Å². The normalized spacial score (nSPS) is 14.5. The van der Waals surface area contributed by atoms with Crippen molar-refractivity contribution >= 4 is 5.97 Å². The Labute approximate surface area is 96.0 Å². The summed E-state index contributed by atoms with van der Waals surface area (Å²) in [6, 6.07) is 0. The standard InChI is InChI=1S/C11H22O5/c1-16-11(15)7-4-6-10(14)9(13)5-2-3-8-12/h9-10,12-14H,2-8H2,1H3/t9-,10-/m0/s1. The number of aliphatic hydroxyl groups is 3. The maximum atomic E-state index is 10.8. The molecule has 0 amide bonds. The Balaban J connectivity index is 3.54. The van der Waals surface area contributed by atoms with E-state index < -0.39 is 12.2 Å².